The molecule has 21 heavy (non-hydrogen) atoms. The lowest BCUT2D eigenvalue weighted by Gasteiger charge is -2.29. The second kappa shape index (κ2) is 9.85. The van der Waals surface area contributed by atoms with Gasteiger partial charge in [-0.2, -0.15) is 0 Å². The number of likely N-dealkylation sites (N-methyl/N-ethyl adjacent to an activating group) is 1. The van der Waals surface area contributed by atoms with Crippen LogP contribution in [-0.4, -0.2) is 56.7 Å². The van der Waals surface area contributed by atoms with Gasteiger partial charge in [0.15, 0.2) is 0 Å². The Morgan fingerprint density at radius 1 is 1.19 bits per heavy atom. The number of nitrogens with zero attached hydrogens (tertiary/aromatic N) is 1. The molecule has 7 heteroatoms. The van der Waals surface area contributed by atoms with Crippen molar-refractivity contribution in [3.63, 3.8) is 0 Å². The molecule has 126 valence electrons. The molecule has 2 fully saturated rings. The lowest BCUT2D eigenvalue weighted by molar-refractivity contribution is -0.124. The van der Waals surface area contributed by atoms with E-state index in [0.29, 0.717) is 12.6 Å². The minimum absolute atomic E-state index is 0. The van der Waals surface area contributed by atoms with E-state index in [4.69, 9.17) is 10.5 Å². The topological polar surface area (TPSA) is 67.6 Å². The molecule has 0 aromatic carbocycles. The van der Waals surface area contributed by atoms with Gasteiger partial charge in [-0.05, 0) is 51.6 Å². The maximum atomic E-state index is 12.1. The number of halogens is 2. The second-order valence-corrected chi connectivity index (χ2v) is 6.09. The molecule has 2 unspecified atom stereocenters. The molecule has 1 heterocycles. The molecular formula is C14H29Cl2N3O2. The van der Waals surface area contributed by atoms with Crippen LogP contribution in [0, 0.1) is 11.8 Å². The lowest BCUT2D eigenvalue weighted by atomic mass is 9.92. The van der Waals surface area contributed by atoms with Crippen LogP contribution in [0.5, 0.6) is 0 Å². The number of carbonyl (C=O) groups excluding carboxylic acids is 1. The molecule has 2 aliphatic rings. The molecule has 0 bridgehead atoms. The highest BCUT2D eigenvalue weighted by Gasteiger charge is 2.33. The molecule has 1 saturated heterocycles. The molecule has 2 rings (SSSR count). The predicted molar refractivity (Wildman–Crippen MR) is 89.2 cm³/mol. The van der Waals surface area contributed by atoms with E-state index >= 15 is 0 Å². The van der Waals surface area contributed by atoms with Crippen molar-refractivity contribution in [1.29, 1.82) is 0 Å². The normalized spacial score (nSPS) is 21.9. The van der Waals surface area contributed by atoms with Crippen LogP contribution in [0.15, 0.2) is 0 Å². The van der Waals surface area contributed by atoms with Gasteiger partial charge in [0.2, 0.25) is 5.91 Å². The van der Waals surface area contributed by atoms with Crippen molar-refractivity contribution in [3.8, 4) is 0 Å². The number of ether oxygens (including phenoxy) is 1. The Morgan fingerprint density at radius 3 is 2.24 bits per heavy atom. The Labute approximate surface area is 140 Å². The lowest BCUT2D eigenvalue weighted by Crippen LogP contribution is -2.50. The van der Waals surface area contributed by atoms with Crippen LogP contribution < -0.4 is 11.1 Å². The number of nitrogens with two attached hydrogens (primary N) is 1. The van der Waals surface area contributed by atoms with Gasteiger partial charge in [0, 0.05) is 25.8 Å². The third-order valence-electron chi connectivity index (χ3n) is 4.39. The summed E-state index contributed by atoms with van der Waals surface area (Å²) in [7, 11) is 4.15. The molecule has 1 saturated carbocycles. The van der Waals surface area contributed by atoms with Gasteiger partial charge in [0.05, 0.1) is 6.04 Å². The first-order chi connectivity index (χ1) is 9.09. The molecule has 0 radical (unpaired) electrons. The number of carbonyl (C=O) groups is 1. The zero-order valence-corrected chi connectivity index (χ0v) is 14.5. The summed E-state index contributed by atoms with van der Waals surface area (Å²) in [4.78, 5) is 14.3. The average Bonchev–Trinajstić information content (AvgIpc) is 3.23. The van der Waals surface area contributed by atoms with Crippen LogP contribution in [0.1, 0.15) is 25.7 Å². The predicted octanol–water partition coefficient (Wildman–Crippen LogP) is 1.04. The Bertz CT molecular complexity index is 307. The van der Waals surface area contributed by atoms with E-state index < -0.39 is 0 Å². The molecular weight excluding hydrogens is 313 g/mol. The molecule has 0 aromatic heterocycles. The van der Waals surface area contributed by atoms with Crippen molar-refractivity contribution in [1.82, 2.24) is 10.2 Å². The highest BCUT2D eigenvalue weighted by Crippen LogP contribution is 2.34. The molecule has 1 amide bonds. The van der Waals surface area contributed by atoms with Gasteiger partial charge in [0.1, 0.15) is 0 Å². The van der Waals surface area contributed by atoms with Crippen LogP contribution in [0.3, 0.4) is 0 Å². The summed E-state index contributed by atoms with van der Waals surface area (Å²) in [6.07, 6.45) is 4.36. The highest BCUT2D eigenvalue weighted by molar-refractivity contribution is 5.85. The maximum absolute atomic E-state index is 12.1. The first kappa shape index (κ1) is 20.9. The Morgan fingerprint density at radius 2 is 1.76 bits per heavy atom. The zero-order chi connectivity index (χ0) is 13.8. The summed E-state index contributed by atoms with van der Waals surface area (Å²) in [5, 5.41) is 3.04. The van der Waals surface area contributed by atoms with E-state index in [0.717, 1.165) is 32.0 Å². The van der Waals surface area contributed by atoms with Gasteiger partial charge in [-0.3, -0.25) is 4.79 Å². The Kier molecular flexibility index (Phi) is 9.81. The van der Waals surface area contributed by atoms with Crippen molar-refractivity contribution >= 4 is 30.7 Å². The van der Waals surface area contributed by atoms with Gasteiger partial charge < -0.3 is 20.7 Å². The largest absolute Gasteiger partial charge is 0.381 e. The summed E-state index contributed by atoms with van der Waals surface area (Å²) in [6.45, 7) is 2.18. The van der Waals surface area contributed by atoms with Crippen LogP contribution in [0.4, 0.5) is 0 Å². The number of hydrogen-bond donors (Lipinski definition) is 2. The molecule has 2 atom stereocenters. The van der Waals surface area contributed by atoms with Crippen molar-refractivity contribution < 1.29 is 9.53 Å². The summed E-state index contributed by atoms with van der Waals surface area (Å²) >= 11 is 0. The fourth-order valence-corrected chi connectivity index (χ4v) is 2.86. The van der Waals surface area contributed by atoms with E-state index in [1.54, 1.807) is 0 Å². The molecule has 5 nitrogen and oxygen atoms in total. The molecule has 3 N–H and O–H groups in total. The number of nitrogens with one attached hydrogen (secondary N) is 1. The number of rotatable bonds is 6. The third-order valence-corrected chi connectivity index (χ3v) is 4.39. The van der Waals surface area contributed by atoms with Crippen LogP contribution in [0.2, 0.25) is 0 Å². The monoisotopic (exact) mass is 341 g/mol. The maximum Gasteiger partial charge on any atom is 0.237 e. The molecule has 0 spiro atoms. The van der Waals surface area contributed by atoms with E-state index in [2.05, 4.69) is 24.3 Å². The van der Waals surface area contributed by atoms with Gasteiger partial charge >= 0.3 is 0 Å². The van der Waals surface area contributed by atoms with Crippen molar-refractivity contribution in [3.05, 3.63) is 0 Å². The fraction of sp³-hybridized carbons (Fsp3) is 0.929. The Balaban J connectivity index is 0.00000200. The fourth-order valence-electron chi connectivity index (χ4n) is 2.86. The third kappa shape index (κ3) is 6.28. The van der Waals surface area contributed by atoms with E-state index in [9.17, 15) is 4.79 Å². The van der Waals surface area contributed by atoms with Crippen LogP contribution >= 0.6 is 24.8 Å². The first-order valence-corrected chi connectivity index (χ1v) is 7.37. The highest BCUT2D eigenvalue weighted by atomic mass is 35.5. The van der Waals surface area contributed by atoms with Gasteiger partial charge in [-0.1, -0.05) is 0 Å². The van der Waals surface area contributed by atoms with E-state index in [1.807, 2.05) is 0 Å². The first-order valence-electron chi connectivity index (χ1n) is 7.37. The SMILES string of the molecule is CN(C)C(CNC(=O)C(N)C1CCOCC1)C1CC1.Cl.Cl. The van der Waals surface area contributed by atoms with Crippen LogP contribution in [-0.2, 0) is 9.53 Å². The summed E-state index contributed by atoms with van der Waals surface area (Å²) in [5.74, 6) is 1.02. The standard InChI is InChI=1S/C14H27N3O2.2ClH/c1-17(2)12(10-3-4-10)9-16-14(18)13(15)11-5-7-19-8-6-11;;/h10-13H,3-9,15H2,1-2H3,(H,16,18);2*1H. The Hall–Kier alpha value is -0.0700. The van der Waals surface area contributed by atoms with Crippen molar-refractivity contribution in [2.24, 2.45) is 17.6 Å². The summed E-state index contributed by atoms with van der Waals surface area (Å²) in [5.41, 5.74) is 6.06. The average molecular weight is 342 g/mol. The molecule has 0 aromatic rings. The minimum atomic E-state index is -0.383. The van der Waals surface area contributed by atoms with Crippen LogP contribution in [0.25, 0.3) is 0 Å². The smallest absolute Gasteiger partial charge is 0.237 e. The quantitative estimate of drug-likeness (QED) is 0.757. The van der Waals surface area contributed by atoms with E-state index in [-0.39, 0.29) is 42.7 Å². The zero-order valence-electron chi connectivity index (χ0n) is 12.9. The van der Waals surface area contributed by atoms with Gasteiger partial charge in [0.25, 0.3) is 0 Å². The number of hydrogen-bond acceptors (Lipinski definition) is 4. The van der Waals surface area contributed by atoms with Gasteiger partial charge in [-0.25, -0.2) is 0 Å². The van der Waals surface area contributed by atoms with Gasteiger partial charge in [-0.15, -0.1) is 24.8 Å². The van der Waals surface area contributed by atoms with Crippen molar-refractivity contribution in [2.75, 3.05) is 33.9 Å². The summed E-state index contributed by atoms with van der Waals surface area (Å²) < 4.78 is 5.31. The second-order valence-electron chi connectivity index (χ2n) is 6.09. The summed E-state index contributed by atoms with van der Waals surface area (Å²) in [6, 6.07) is 0.0664. The minimum Gasteiger partial charge on any atom is -0.381 e. The molecule has 1 aliphatic heterocycles. The molecule has 1 aliphatic carbocycles. The van der Waals surface area contributed by atoms with E-state index in [1.165, 1.54) is 12.8 Å². The van der Waals surface area contributed by atoms with Crippen molar-refractivity contribution in [2.45, 2.75) is 37.8 Å². The number of amides is 1.